The summed E-state index contributed by atoms with van der Waals surface area (Å²) in [7, 11) is -3.65. The number of nitrogen functional groups attached to an aromatic ring is 1. The summed E-state index contributed by atoms with van der Waals surface area (Å²) in [5.41, 5.74) is 8.39. The quantitative estimate of drug-likeness (QED) is 0.275. The molecular formula is C24H27N7O4S. The van der Waals surface area contributed by atoms with Gasteiger partial charge in [-0.2, -0.15) is 0 Å². The molecule has 0 radical (unpaired) electrons. The maximum absolute atomic E-state index is 12.4. The minimum absolute atomic E-state index is 0.186. The van der Waals surface area contributed by atoms with Crippen LogP contribution in [-0.4, -0.2) is 40.6 Å². The molecule has 12 heteroatoms. The molecule has 1 amide bonds. The van der Waals surface area contributed by atoms with Gasteiger partial charge in [0.1, 0.15) is 11.3 Å². The van der Waals surface area contributed by atoms with Gasteiger partial charge in [0.05, 0.1) is 17.8 Å². The monoisotopic (exact) mass is 509 g/mol. The Morgan fingerprint density at radius 3 is 2.56 bits per heavy atom. The number of carbonyl (C=O) groups is 1. The zero-order valence-corrected chi connectivity index (χ0v) is 20.5. The Bertz CT molecular complexity index is 1440. The number of imidazole rings is 1. The molecule has 0 fully saturated rings. The molecule has 0 unspecified atom stereocenters. The third kappa shape index (κ3) is 6.27. The van der Waals surface area contributed by atoms with Gasteiger partial charge in [-0.25, -0.2) is 28.2 Å². The number of anilines is 2. The first-order valence-electron chi connectivity index (χ1n) is 11.3. The number of aromatic nitrogens is 4. The zero-order chi connectivity index (χ0) is 25.5. The van der Waals surface area contributed by atoms with E-state index < -0.39 is 16.1 Å². The van der Waals surface area contributed by atoms with E-state index in [0.717, 1.165) is 12.0 Å². The lowest BCUT2D eigenvalue weighted by atomic mass is 10.2. The summed E-state index contributed by atoms with van der Waals surface area (Å²) >= 11 is 0. The molecule has 2 aromatic heterocycles. The first-order valence-corrected chi connectivity index (χ1v) is 12.8. The predicted molar refractivity (Wildman–Crippen MR) is 136 cm³/mol. The van der Waals surface area contributed by atoms with Gasteiger partial charge in [-0.1, -0.05) is 30.3 Å². The number of fused-ring (bicyclic) bond motifs is 1. The van der Waals surface area contributed by atoms with Gasteiger partial charge in [-0.3, -0.25) is 4.72 Å². The molecule has 0 aliphatic heterocycles. The van der Waals surface area contributed by atoms with Crippen molar-refractivity contribution in [3.05, 3.63) is 72.3 Å². The number of hydrogen-bond donors (Lipinski definition) is 3. The van der Waals surface area contributed by atoms with Gasteiger partial charge in [-0.05, 0) is 49.6 Å². The van der Waals surface area contributed by atoms with Crippen LogP contribution in [0, 0.1) is 6.92 Å². The standard InChI is InChI=1S/C24H27N7O4S/c1-17-28-22(25)21-23(29-17)31(16-27-21)13-5-6-14-35-24(32)26-15-18-9-11-19(12-10-18)30-36(33,34)20-7-3-2-4-8-20/h2-4,7-12,16,30H,5-6,13-15H2,1H3,(H,26,32)(H2,25,28,29). The molecule has 0 aliphatic rings. The van der Waals surface area contributed by atoms with Crippen molar-refractivity contribution in [2.75, 3.05) is 17.1 Å². The van der Waals surface area contributed by atoms with Gasteiger partial charge < -0.3 is 20.4 Å². The third-order valence-electron chi connectivity index (χ3n) is 5.33. The van der Waals surface area contributed by atoms with Gasteiger partial charge in [0, 0.05) is 18.8 Å². The number of aryl methyl sites for hydroxylation is 2. The normalized spacial score (nSPS) is 11.4. The smallest absolute Gasteiger partial charge is 0.407 e. The highest BCUT2D eigenvalue weighted by Crippen LogP contribution is 2.17. The van der Waals surface area contributed by atoms with Crippen LogP contribution in [0.3, 0.4) is 0 Å². The number of unbranched alkanes of at least 4 members (excludes halogenated alkanes) is 1. The molecule has 4 aromatic rings. The Labute approximate surface area is 208 Å². The maximum atomic E-state index is 12.4. The molecule has 0 aliphatic carbocycles. The summed E-state index contributed by atoms with van der Waals surface area (Å²) in [5, 5.41) is 2.69. The van der Waals surface area contributed by atoms with Crippen LogP contribution in [0.25, 0.3) is 11.2 Å². The largest absolute Gasteiger partial charge is 0.450 e. The molecule has 0 saturated carbocycles. The number of ether oxygens (including phenoxy) is 1. The van der Waals surface area contributed by atoms with E-state index in [1.54, 1.807) is 55.7 Å². The fourth-order valence-electron chi connectivity index (χ4n) is 3.52. The highest BCUT2D eigenvalue weighted by atomic mass is 32.2. The number of nitrogens with one attached hydrogen (secondary N) is 2. The Morgan fingerprint density at radius 1 is 1.06 bits per heavy atom. The second kappa shape index (κ2) is 11.0. The van der Waals surface area contributed by atoms with E-state index in [1.165, 1.54) is 12.1 Å². The van der Waals surface area contributed by atoms with E-state index >= 15 is 0 Å². The van der Waals surface area contributed by atoms with Crippen LogP contribution in [0.4, 0.5) is 16.3 Å². The van der Waals surface area contributed by atoms with Crippen molar-refractivity contribution in [3.63, 3.8) is 0 Å². The summed E-state index contributed by atoms with van der Waals surface area (Å²) in [5.74, 6) is 0.948. The van der Waals surface area contributed by atoms with Crippen molar-refractivity contribution < 1.29 is 17.9 Å². The highest BCUT2D eigenvalue weighted by molar-refractivity contribution is 7.92. The zero-order valence-electron chi connectivity index (χ0n) is 19.7. The fraction of sp³-hybridized carbons (Fsp3) is 0.250. The van der Waals surface area contributed by atoms with Crippen LogP contribution in [0.2, 0.25) is 0 Å². The highest BCUT2D eigenvalue weighted by Gasteiger charge is 2.13. The minimum Gasteiger partial charge on any atom is -0.450 e. The van der Waals surface area contributed by atoms with Crippen LogP contribution in [-0.2, 0) is 27.8 Å². The number of amides is 1. The number of hydrogen-bond acceptors (Lipinski definition) is 8. The molecule has 188 valence electrons. The molecule has 4 N–H and O–H groups in total. The number of sulfonamides is 1. The van der Waals surface area contributed by atoms with Gasteiger partial charge in [0.2, 0.25) is 0 Å². The molecular weight excluding hydrogens is 482 g/mol. The van der Waals surface area contributed by atoms with Crippen molar-refractivity contribution in [1.82, 2.24) is 24.8 Å². The van der Waals surface area contributed by atoms with E-state index in [1.807, 2.05) is 4.57 Å². The molecule has 0 bridgehead atoms. The van der Waals surface area contributed by atoms with Crippen molar-refractivity contribution in [2.45, 2.75) is 37.8 Å². The Morgan fingerprint density at radius 2 is 1.81 bits per heavy atom. The van der Waals surface area contributed by atoms with Crippen LogP contribution in [0.15, 0.2) is 65.8 Å². The summed E-state index contributed by atoms with van der Waals surface area (Å²) in [4.78, 5) is 25.0. The lowest BCUT2D eigenvalue weighted by Gasteiger charge is -2.10. The van der Waals surface area contributed by atoms with Crippen molar-refractivity contribution in [3.8, 4) is 0 Å². The van der Waals surface area contributed by atoms with Gasteiger partial charge in [0.25, 0.3) is 10.0 Å². The molecule has 4 rings (SSSR count). The number of rotatable bonds is 10. The van der Waals surface area contributed by atoms with Crippen LogP contribution < -0.4 is 15.8 Å². The summed E-state index contributed by atoms with van der Waals surface area (Å²) < 4.78 is 34.5. The number of alkyl carbamates (subject to hydrolysis) is 1. The second-order valence-corrected chi connectivity index (χ2v) is 9.76. The predicted octanol–water partition coefficient (Wildman–Crippen LogP) is 3.22. The number of benzene rings is 2. The molecule has 11 nitrogen and oxygen atoms in total. The van der Waals surface area contributed by atoms with Crippen LogP contribution in [0.1, 0.15) is 24.2 Å². The fourth-order valence-corrected chi connectivity index (χ4v) is 4.60. The van der Waals surface area contributed by atoms with Crippen molar-refractivity contribution in [2.24, 2.45) is 0 Å². The number of carbonyl (C=O) groups excluding carboxylic acids is 1. The van der Waals surface area contributed by atoms with E-state index in [2.05, 4.69) is 25.0 Å². The molecule has 36 heavy (non-hydrogen) atoms. The Hall–Kier alpha value is -4.19. The van der Waals surface area contributed by atoms with Gasteiger partial charge in [0.15, 0.2) is 11.5 Å². The van der Waals surface area contributed by atoms with E-state index in [-0.39, 0.29) is 18.0 Å². The number of nitrogens with two attached hydrogens (primary N) is 1. The molecule has 0 atom stereocenters. The summed E-state index contributed by atoms with van der Waals surface area (Å²) in [6, 6.07) is 14.9. The topological polar surface area (TPSA) is 154 Å². The average Bonchev–Trinajstić information content (AvgIpc) is 3.27. The van der Waals surface area contributed by atoms with Gasteiger partial charge >= 0.3 is 6.09 Å². The Balaban J connectivity index is 1.17. The van der Waals surface area contributed by atoms with Gasteiger partial charge in [-0.15, -0.1) is 0 Å². The lowest BCUT2D eigenvalue weighted by molar-refractivity contribution is 0.143. The van der Waals surface area contributed by atoms with E-state index in [4.69, 9.17) is 10.5 Å². The second-order valence-electron chi connectivity index (χ2n) is 8.08. The summed E-state index contributed by atoms with van der Waals surface area (Å²) in [6.07, 6.45) is 2.60. The number of nitrogens with zero attached hydrogens (tertiary/aromatic N) is 4. The maximum Gasteiger partial charge on any atom is 0.407 e. The third-order valence-corrected chi connectivity index (χ3v) is 6.72. The minimum atomic E-state index is -3.65. The first-order chi connectivity index (χ1) is 17.3. The van der Waals surface area contributed by atoms with E-state index in [0.29, 0.717) is 41.5 Å². The molecule has 0 saturated heterocycles. The van der Waals surface area contributed by atoms with E-state index in [9.17, 15) is 13.2 Å². The van der Waals surface area contributed by atoms with Crippen LogP contribution >= 0.6 is 0 Å². The lowest BCUT2D eigenvalue weighted by Crippen LogP contribution is -2.24. The van der Waals surface area contributed by atoms with Crippen molar-refractivity contribution in [1.29, 1.82) is 0 Å². The molecule has 0 spiro atoms. The van der Waals surface area contributed by atoms with Crippen LogP contribution in [0.5, 0.6) is 0 Å². The summed E-state index contributed by atoms with van der Waals surface area (Å²) in [6.45, 7) is 2.97. The molecule has 2 aromatic carbocycles. The average molecular weight is 510 g/mol. The Kier molecular flexibility index (Phi) is 7.64. The van der Waals surface area contributed by atoms with Crippen molar-refractivity contribution >= 4 is 38.8 Å². The molecule has 2 heterocycles. The SMILES string of the molecule is Cc1nc(N)c2ncn(CCCCOC(=O)NCc3ccc(NS(=O)(=O)c4ccccc4)cc3)c2n1. The first kappa shape index (κ1) is 24.9.